The summed E-state index contributed by atoms with van der Waals surface area (Å²) in [5.41, 5.74) is 3.12. The topological polar surface area (TPSA) is 101 Å². The molecule has 0 aliphatic carbocycles. The number of amides is 3. The first kappa shape index (κ1) is 21.6. The van der Waals surface area contributed by atoms with Gasteiger partial charge >= 0.3 is 0 Å². The zero-order valence-electron chi connectivity index (χ0n) is 17.8. The van der Waals surface area contributed by atoms with Crippen LogP contribution in [0.5, 0.6) is 5.75 Å². The average molecular weight is 451 g/mol. The van der Waals surface area contributed by atoms with E-state index in [0.717, 1.165) is 15.7 Å². The van der Waals surface area contributed by atoms with E-state index >= 15 is 0 Å². The highest BCUT2D eigenvalue weighted by Crippen LogP contribution is 2.23. The van der Waals surface area contributed by atoms with Crippen LogP contribution in [0.2, 0.25) is 0 Å². The van der Waals surface area contributed by atoms with Crippen LogP contribution < -0.4 is 10.1 Å². The Balaban J connectivity index is 1.24. The fraction of sp³-hybridized carbons (Fsp3) is 0.261. The molecule has 0 saturated carbocycles. The van der Waals surface area contributed by atoms with E-state index in [0.29, 0.717) is 29.3 Å². The molecular formula is C23H22N4O4S. The number of ether oxygens (including phenoxy) is 1. The third kappa shape index (κ3) is 4.67. The summed E-state index contributed by atoms with van der Waals surface area (Å²) in [5, 5.41) is 11.8. The predicted octanol–water partition coefficient (Wildman–Crippen LogP) is 3.40. The molecule has 0 unspecified atom stereocenters. The maximum Gasteiger partial charge on any atom is 0.261 e. The van der Waals surface area contributed by atoms with Crippen molar-refractivity contribution in [3.63, 3.8) is 0 Å². The van der Waals surface area contributed by atoms with E-state index in [-0.39, 0.29) is 30.7 Å². The van der Waals surface area contributed by atoms with Crippen LogP contribution in [0.3, 0.4) is 0 Å². The van der Waals surface area contributed by atoms with Crippen molar-refractivity contribution in [3.05, 3.63) is 69.7 Å². The molecule has 1 N–H and O–H groups in total. The number of aryl methyl sites for hydroxylation is 2. The fourth-order valence-corrected chi connectivity index (χ4v) is 4.04. The second-order valence-electron chi connectivity index (χ2n) is 7.45. The van der Waals surface area contributed by atoms with Crippen molar-refractivity contribution in [2.45, 2.75) is 26.7 Å². The Labute approximate surface area is 189 Å². The second-order valence-corrected chi connectivity index (χ2v) is 8.51. The van der Waals surface area contributed by atoms with Gasteiger partial charge in [0.1, 0.15) is 10.8 Å². The number of imide groups is 1. The number of fused-ring (bicyclic) bond motifs is 1. The van der Waals surface area contributed by atoms with Gasteiger partial charge in [-0.25, -0.2) is 0 Å². The van der Waals surface area contributed by atoms with Crippen LogP contribution in [0.25, 0.3) is 0 Å². The fourth-order valence-electron chi connectivity index (χ4n) is 3.30. The maximum absolute atomic E-state index is 12.4. The SMILES string of the molecule is Cc1ccc(OCCc2nnc(NC(=O)CCN3C(=O)c4ccccc4C3=O)s2)cc1C. The minimum Gasteiger partial charge on any atom is -0.493 e. The summed E-state index contributed by atoms with van der Waals surface area (Å²) in [7, 11) is 0. The Bertz CT molecular complexity index is 1160. The molecule has 0 bridgehead atoms. The minimum atomic E-state index is -0.375. The van der Waals surface area contributed by atoms with Crippen molar-refractivity contribution < 1.29 is 19.1 Å². The molecule has 0 fully saturated rings. The van der Waals surface area contributed by atoms with E-state index < -0.39 is 0 Å². The van der Waals surface area contributed by atoms with Crippen LogP contribution in [0, 0.1) is 13.8 Å². The predicted molar refractivity (Wildman–Crippen MR) is 120 cm³/mol. The lowest BCUT2D eigenvalue weighted by Crippen LogP contribution is -2.32. The smallest absolute Gasteiger partial charge is 0.261 e. The van der Waals surface area contributed by atoms with Gasteiger partial charge in [-0.1, -0.05) is 29.5 Å². The zero-order chi connectivity index (χ0) is 22.7. The number of aromatic nitrogens is 2. The molecule has 8 nitrogen and oxygen atoms in total. The summed E-state index contributed by atoms with van der Waals surface area (Å²) in [6, 6.07) is 12.6. The molecule has 0 radical (unpaired) electrons. The molecule has 32 heavy (non-hydrogen) atoms. The van der Waals surface area contributed by atoms with Gasteiger partial charge in [-0.15, -0.1) is 10.2 Å². The second kappa shape index (κ2) is 9.27. The standard InChI is InChI=1S/C23H22N4O4S/c1-14-7-8-16(13-15(14)2)31-12-10-20-25-26-23(32-20)24-19(28)9-11-27-21(29)17-5-3-4-6-18(17)22(27)30/h3-8,13H,9-12H2,1-2H3,(H,24,26,28). The average Bonchev–Trinajstić information content (AvgIpc) is 3.32. The number of rotatable bonds is 8. The van der Waals surface area contributed by atoms with Crippen LogP contribution in [-0.2, 0) is 11.2 Å². The van der Waals surface area contributed by atoms with E-state index in [1.807, 2.05) is 25.1 Å². The van der Waals surface area contributed by atoms with E-state index in [9.17, 15) is 14.4 Å². The third-order valence-electron chi connectivity index (χ3n) is 5.22. The Morgan fingerprint density at radius 3 is 2.44 bits per heavy atom. The van der Waals surface area contributed by atoms with Gasteiger partial charge in [0.15, 0.2) is 0 Å². The van der Waals surface area contributed by atoms with Gasteiger partial charge in [-0.05, 0) is 49.2 Å². The van der Waals surface area contributed by atoms with Crippen LogP contribution in [0.1, 0.15) is 43.3 Å². The van der Waals surface area contributed by atoms with Crippen LogP contribution in [0.15, 0.2) is 42.5 Å². The molecule has 0 atom stereocenters. The molecule has 2 aromatic carbocycles. The molecule has 1 aliphatic heterocycles. The van der Waals surface area contributed by atoms with Crippen LogP contribution in [0.4, 0.5) is 5.13 Å². The van der Waals surface area contributed by atoms with Gasteiger partial charge in [-0.2, -0.15) is 0 Å². The highest BCUT2D eigenvalue weighted by molar-refractivity contribution is 7.15. The van der Waals surface area contributed by atoms with E-state index in [1.54, 1.807) is 24.3 Å². The van der Waals surface area contributed by atoms with Crippen molar-refractivity contribution in [2.75, 3.05) is 18.5 Å². The highest BCUT2D eigenvalue weighted by atomic mass is 32.1. The van der Waals surface area contributed by atoms with E-state index in [1.165, 1.54) is 22.5 Å². The van der Waals surface area contributed by atoms with Gasteiger partial charge in [-0.3, -0.25) is 19.3 Å². The zero-order valence-corrected chi connectivity index (χ0v) is 18.6. The van der Waals surface area contributed by atoms with Crippen LogP contribution in [-0.4, -0.2) is 46.0 Å². The summed E-state index contributed by atoms with van der Waals surface area (Å²) in [6.07, 6.45) is 0.547. The van der Waals surface area contributed by atoms with Crippen molar-refractivity contribution in [1.82, 2.24) is 15.1 Å². The van der Waals surface area contributed by atoms with Gasteiger partial charge < -0.3 is 10.1 Å². The maximum atomic E-state index is 12.4. The highest BCUT2D eigenvalue weighted by Gasteiger charge is 2.35. The van der Waals surface area contributed by atoms with Gasteiger partial charge in [0.25, 0.3) is 11.8 Å². The monoisotopic (exact) mass is 450 g/mol. The molecule has 2 heterocycles. The van der Waals surface area contributed by atoms with E-state index in [2.05, 4.69) is 22.4 Å². The minimum absolute atomic E-state index is 0.00759. The lowest BCUT2D eigenvalue weighted by molar-refractivity contribution is -0.116. The lowest BCUT2D eigenvalue weighted by Gasteiger charge is -2.12. The summed E-state index contributed by atoms with van der Waals surface area (Å²) < 4.78 is 5.76. The molecule has 9 heteroatoms. The largest absolute Gasteiger partial charge is 0.493 e. The quantitative estimate of drug-likeness (QED) is 0.528. The summed E-state index contributed by atoms with van der Waals surface area (Å²) in [5.74, 6) is -0.282. The van der Waals surface area contributed by atoms with Crippen LogP contribution >= 0.6 is 11.3 Å². The molecule has 3 amide bonds. The van der Waals surface area contributed by atoms with E-state index in [4.69, 9.17) is 4.74 Å². The number of carbonyl (C=O) groups excluding carboxylic acids is 3. The van der Waals surface area contributed by atoms with Gasteiger partial charge in [0, 0.05) is 19.4 Å². The molecule has 3 aromatic rings. The molecular weight excluding hydrogens is 428 g/mol. The first-order valence-corrected chi connectivity index (χ1v) is 11.0. The number of anilines is 1. The van der Waals surface area contributed by atoms with Crippen molar-refractivity contribution >= 4 is 34.2 Å². The first-order chi connectivity index (χ1) is 15.4. The Kier molecular flexibility index (Phi) is 6.27. The molecule has 0 spiro atoms. The Morgan fingerprint density at radius 2 is 1.75 bits per heavy atom. The van der Waals surface area contributed by atoms with Crippen molar-refractivity contribution in [2.24, 2.45) is 0 Å². The summed E-state index contributed by atoms with van der Waals surface area (Å²) in [4.78, 5) is 38.1. The molecule has 4 rings (SSSR count). The van der Waals surface area contributed by atoms with Crippen molar-refractivity contribution in [3.8, 4) is 5.75 Å². The van der Waals surface area contributed by atoms with Gasteiger partial charge in [0.2, 0.25) is 11.0 Å². The van der Waals surface area contributed by atoms with Crippen molar-refractivity contribution in [1.29, 1.82) is 0 Å². The number of benzene rings is 2. The molecule has 164 valence electrons. The summed E-state index contributed by atoms with van der Waals surface area (Å²) >= 11 is 1.27. The molecule has 1 aliphatic rings. The number of hydrogen-bond acceptors (Lipinski definition) is 7. The molecule has 0 saturated heterocycles. The van der Waals surface area contributed by atoms with Gasteiger partial charge in [0.05, 0.1) is 17.7 Å². The normalized spacial score (nSPS) is 12.8. The number of carbonyl (C=O) groups is 3. The number of nitrogens with zero attached hydrogens (tertiary/aromatic N) is 3. The first-order valence-electron chi connectivity index (χ1n) is 10.2. The molecule has 1 aromatic heterocycles. The summed E-state index contributed by atoms with van der Waals surface area (Å²) in [6.45, 7) is 4.55. The lowest BCUT2D eigenvalue weighted by atomic mass is 10.1. The Hall–Kier alpha value is -3.59. The number of hydrogen-bond donors (Lipinski definition) is 1. The Morgan fingerprint density at radius 1 is 1.03 bits per heavy atom. The third-order valence-corrected chi connectivity index (χ3v) is 6.12. The number of nitrogens with one attached hydrogen (secondary N) is 1.